The van der Waals surface area contributed by atoms with Crippen molar-refractivity contribution in [3.63, 3.8) is 0 Å². The molecule has 3 heteroatoms. The summed E-state index contributed by atoms with van der Waals surface area (Å²) in [7, 11) is 0. The first-order valence-corrected chi connectivity index (χ1v) is 4.16. The summed E-state index contributed by atoms with van der Waals surface area (Å²) in [6, 6.07) is 5.00. The van der Waals surface area contributed by atoms with Crippen LogP contribution >= 0.6 is 0 Å². The molecular formula is C10H13NO2. The predicted octanol–water partition coefficient (Wildman–Crippen LogP) is 1.09. The molecule has 1 aromatic carbocycles. The zero-order valence-corrected chi connectivity index (χ0v) is 7.53. The van der Waals surface area contributed by atoms with Gasteiger partial charge in [0.05, 0.1) is 5.56 Å². The van der Waals surface area contributed by atoms with Gasteiger partial charge in [0.2, 0.25) is 0 Å². The summed E-state index contributed by atoms with van der Waals surface area (Å²) in [6.07, 6.45) is 1.35. The molecule has 70 valence electrons. The second-order valence-corrected chi connectivity index (χ2v) is 3.19. The second-order valence-electron chi connectivity index (χ2n) is 3.19. The van der Waals surface area contributed by atoms with Gasteiger partial charge in [0.25, 0.3) is 0 Å². The van der Waals surface area contributed by atoms with Gasteiger partial charge in [0.1, 0.15) is 5.75 Å². The normalized spacial score (nSPS) is 12.5. The molecule has 0 bridgehead atoms. The molecule has 0 unspecified atom stereocenters. The maximum absolute atomic E-state index is 10.5. The molecule has 3 N–H and O–H groups in total. The van der Waals surface area contributed by atoms with E-state index in [1.807, 2.05) is 6.92 Å². The molecule has 13 heavy (non-hydrogen) atoms. The van der Waals surface area contributed by atoms with Crippen LogP contribution in [0.15, 0.2) is 18.2 Å². The SMILES string of the molecule is C[C@@H](N)Cc1ccc(O)c(C=O)c1. The Morgan fingerprint density at radius 1 is 1.62 bits per heavy atom. The van der Waals surface area contributed by atoms with Crippen LogP contribution in [0.25, 0.3) is 0 Å². The number of carbonyl (C=O) groups excluding carboxylic acids is 1. The Labute approximate surface area is 77.2 Å². The highest BCUT2D eigenvalue weighted by molar-refractivity contribution is 5.79. The number of phenols is 1. The third kappa shape index (κ3) is 2.56. The minimum absolute atomic E-state index is 0.0171. The van der Waals surface area contributed by atoms with E-state index in [1.165, 1.54) is 6.07 Å². The highest BCUT2D eigenvalue weighted by atomic mass is 16.3. The fourth-order valence-electron chi connectivity index (χ4n) is 1.20. The molecule has 0 aliphatic rings. The van der Waals surface area contributed by atoms with Crippen LogP contribution in [-0.4, -0.2) is 17.4 Å². The van der Waals surface area contributed by atoms with Crippen LogP contribution in [0.3, 0.4) is 0 Å². The lowest BCUT2D eigenvalue weighted by atomic mass is 10.0. The van der Waals surface area contributed by atoms with E-state index in [1.54, 1.807) is 12.1 Å². The van der Waals surface area contributed by atoms with E-state index in [0.29, 0.717) is 18.3 Å². The van der Waals surface area contributed by atoms with Crippen molar-refractivity contribution >= 4 is 6.29 Å². The molecule has 0 saturated carbocycles. The molecule has 0 aliphatic heterocycles. The van der Waals surface area contributed by atoms with Crippen LogP contribution in [0, 0.1) is 0 Å². The van der Waals surface area contributed by atoms with E-state index in [0.717, 1.165) is 5.56 Å². The van der Waals surface area contributed by atoms with Crippen LogP contribution in [0.2, 0.25) is 0 Å². The molecule has 3 nitrogen and oxygen atoms in total. The van der Waals surface area contributed by atoms with Crippen molar-refractivity contribution < 1.29 is 9.90 Å². The molecule has 0 spiro atoms. The lowest BCUT2D eigenvalue weighted by molar-refractivity contribution is 0.112. The number of phenolic OH excluding ortho intramolecular Hbond substituents is 1. The molecule has 1 atom stereocenters. The summed E-state index contributed by atoms with van der Waals surface area (Å²) in [5.41, 5.74) is 6.89. The lowest BCUT2D eigenvalue weighted by Gasteiger charge is -2.06. The van der Waals surface area contributed by atoms with Crippen molar-refractivity contribution in [1.29, 1.82) is 0 Å². The van der Waals surface area contributed by atoms with Gasteiger partial charge < -0.3 is 10.8 Å². The van der Waals surface area contributed by atoms with Gasteiger partial charge >= 0.3 is 0 Å². The number of hydrogen-bond donors (Lipinski definition) is 2. The van der Waals surface area contributed by atoms with E-state index in [9.17, 15) is 9.90 Å². The highest BCUT2D eigenvalue weighted by Crippen LogP contribution is 2.16. The van der Waals surface area contributed by atoms with Crippen molar-refractivity contribution in [2.45, 2.75) is 19.4 Å². The van der Waals surface area contributed by atoms with Crippen LogP contribution in [0.1, 0.15) is 22.8 Å². The molecule has 0 fully saturated rings. The largest absolute Gasteiger partial charge is 0.507 e. The molecule has 0 aromatic heterocycles. The fourth-order valence-corrected chi connectivity index (χ4v) is 1.20. The van der Waals surface area contributed by atoms with Gasteiger partial charge in [-0.05, 0) is 31.0 Å². The Morgan fingerprint density at radius 3 is 2.85 bits per heavy atom. The molecule has 1 aromatic rings. The van der Waals surface area contributed by atoms with E-state index in [2.05, 4.69) is 0 Å². The van der Waals surface area contributed by atoms with Crippen LogP contribution in [0.4, 0.5) is 0 Å². The summed E-state index contributed by atoms with van der Waals surface area (Å²) in [5.74, 6) is 0.0171. The summed E-state index contributed by atoms with van der Waals surface area (Å²) in [4.78, 5) is 10.5. The smallest absolute Gasteiger partial charge is 0.153 e. The molecule has 0 radical (unpaired) electrons. The van der Waals surface area contributed by atoms with Crippen LogP contribution in [0.5, 0.6) is 5.75 Å². The van der Waals surface area contributed by atoms with Gasteiger partial charge in [0, 0.05) is 6.04 Å². The Kier molecular flexibility index (Phi) is 3.03. The van der Waals surface area contributed by atoms with Crippen LogP contribution in [-0.2, 0) is 6.42 Å². The number of rotatable bonds is 3. The third-order valence-electron chi connectivity index (χ3n) is 1.78. The van der Waals surface area contributed by atoms with Crippen molar-refractivity contribution in [2.75, 3.05) is 0 Å². The molecule has 0 amide bonds. The summed E-state index contributed by atoms with van der Waals surface area (Å²) < 4.78 is 0. The average molecular weight is 179 g/mol. The molecular weight excluding hydrogens is 166 g/mol. The summed E-state index contributed by atoms with van der Waals surface area (Å²) in [6.45, 7) is 1.90. The maximum Gasteiger partial charge on any atom is 0.153 e. The summed E-state index contributed by atoms with van der Waals surface area (Å²) in [5, 5.41) is 9.21. The Hall–Kier alpha value is -1.35. The number of carbonyl (C=O) groups is 1. The van der Waals surface area contributed by atoms with Gasteiger partial charge in [-0.15, -0.1) is 0 Å². The van der Waals surface area contributed by atoms with Gasteiger partial charge in [-0.25, -0.2) is 0 Å². The topological polar surface area (TPSA) is 63.3 Å². The van der Waals surface area contributed by atoms with E-state index >= 15 is 0 Å². The zero-order chi connectivity index (χ0) is 9.84. The minimum Gasteiger partial charge on any atom is -0.507 e. The number of aldehydes is 1. The Balaban J connectivity index is 2.92. The molecule has 0 aliphatic carbocycles. The van der Waals surface area contributed by atoms with Gasteiger partial charge in [-0.1, -0.05) is 6.07 Å². The highest BCUT2D eigenvalue weighted by Gasteiger charge is 2.03. The molecule has 1 rings (SSSR count). The number of nitrogens with two attached hydrogens (primary N) is 1. The molecule has 0 heterocycles. The van der Waals surface area contributed by atoms with Crippen LogP contribution < -0.4 is 5.73 Å². The van der Waals surface area contributed by atoms with E-state index in [-0.39, 0.29) is 11.8 Å². The lowest BCUT2D eigenvalue weighted by Crippen LogP contribution is -2.17. The first-order valence-electron chi connectivity index (χ1n) is 4.16. The standard InChI is InChI=1S/C10H13NO2/c1-7(11)4-8-2-3-10(13)9(5-8)6-12/h2-3,5-7,13H,4,11H2,1H3/t7-/m1/s1. The first kappa shape index (κ1) is 9.74. The van der Waals surface area contributed by atoms with Gasteiger partial charge in [0.15, 0.2) is 6.29 Å². The fraction of sp³-hybridized carbons (Fsp3) is 0.300. The van der Waals surface area contributed by atoms with Crippen molar-refractivity contribution in [1.82, 2.24) is 0 Å². The number of benzene rings is 1. The van der Waals surface area contributed by atoms with Crippen molar-refractivity contribution in [3.05, 3.63) is 29.3 Å². The first-order chi connectivity index (χ1) is 6.13. The van der Waals surface area contributed by atoms with Crippen molar-refractivity contribution in [2.24, 2.45) is 5.73 Å². The predicted molar refractivity (Wildman–Crippen MR) is 50.8 cm³/mol. The quantitative estimate of drug-likeness (QED) is 0.683. The number of aromatic hydroxyl groups is 1. The number of hydrogen-bond acceptors (Lipinski definition) is 3. The van der Waals surface area contributed by atoms with E-state index < -0.39 is 0 Å². The third-order valence-corrected chi connectivity index (χ3v) is 1.78. The van der Waals surface area contributed by atoms with Crippen molar-refractivity contribution in [3.8, 4) is 5.75 Å². The van der Waals surface area contributed by atoms with Gasteiger partial charge in [-0.3, -0.25) is 4.79 Å². The Bertz CT molecular complexity index is 308. The zero-order valence-electron chi connectivity index (χ0n) is 7.53. The molecule has 0 saturated heterocycles. The minimum atomic E-state index is 0.0171. The van der Waals surface area contributed by atoms with Gasteiger partial charge in [-0.2, -0.15) is 0 Å². The average Bonchev–Trinajstić information content (AvgIpc) is 2.07. The maximum atomic E-state index is 10.5. The van der Waals surface area contributed by atoms with E-state index in [4.69, 9.17) is 5.73 Å². The summed E-state index contributed by atoms with van der Waals surface area (Å²) >= 11 is 0. The monoisotopic (exact) mass is 179 g/mol. The second kappa shape index (κ2) is 4.05. The Morgan fingerprint density at radius 2 is 2.31 bits per heavy atom.